The minimum atomic E-state index is 0.0844. The van der Waals surface area contributed by atoms with Gasteiger partial charge in [0.1, 0.15) is 12.1 Å². The van der Waals surface area contributed by atoms with Crippen LogP contribution in [0.25, 0.3) is 0 Å². The molecule has 1 aromatic rings. The van der Waals surface area contributed by atoms with Crippen LogP contribution in [0, 0.1) is 0 Å². The number of carbonyl (C=O) groups excluding carboxylic acids is 1. The van der Waals surface area contributed by atoms with Crippen molar-refractivity contribution < 1.29 is 9.53 Å². The minimum absolute atomic E-state index is 0.0844. The van der Waals surface area contributed by atoms with Crippen LogP contribution in [0.3, 0.4) is 0 Å². The number of nitrogens with zero attached hydrogens (tertiary/aromatic N) is 3. The van der Waals surface area contributed by atoms with Gasteiger partial charge >= 0.3 is 0 Å². The second kappa shape index (κ2) is 7.64. The fourth-order valence-corrected chi connectivity index (χ4v) is 1.91. The standard InChI is InChI=1S/C13H21N5O2/c1-2-7-20-12-8-11(16-10-17-12)15-9-13(19)18-5-3-14-4-6-18/h8,10,14H,2-7,9H2,1H3,(H,15,16,17). The van der Waals surface area contributed by atoms with Crippen LogP contribution in [0.5, 0.6) is 5.88 Å². The third-order valence-corrected chi connectivity index (χ3v) is 2.99. The summed E-state index contributed by atoms with van der Waals surface area (Å²) >= 11 is 0. The number of piperazine rings is 1. The molecule has 1 aromatic heterocycles. The van der Waals surface area contributed by atoms with Crippen molar-refractivity contribution in [1.82, 2.24) is 20.2 Å². The number of hydrogen-bond donors (Lipinski definition) is 2. The number of carbonyl (C=O) groups is 1. The molecule has 2 rings (SSSR count). The van der Waals surface area contributed by atoms with E-state index >= 15 is 0 Å². The van der Waals surface area contributed by atoms with E-state index in [1.165, 1.54) is 6.33 Å². The second-order valence-corrected chi connectivity index (χ2v) is 4.57. The van der Waals surface area contributed by atoms with Crippen molar-refractivity contribution in [3.8, 4) is 5.88 Å². The second-order valence-electron chi connectivity index (χ2n) is 4.57. The summed E-state index contributed by atoms with van der Waals surface area (Å²) in [6.07, 6.45) is 2.36. The molecule has 0 aliphatic carbocycles. The number of anilines is 1. The maximum Gasteiger partial charge on any atom is 0.242 e. The molecule has 1 amide bonds. The van der Waals surface area contributed by atoms with Gasteiger partial charge in [-0.2, -0.15) is 0 Å². The highest BCUT2D eigenvalue weighted by Crippen LogP contribution is 2.11. The van der Waals surface area contributed by atoms with Gasteiger partial charge in [-0.05, 0) is 6.42 Å². The lowest BCUT2D eigenvalue weighted by Crippen LogP contribution is -2.48. The first-order valence-corrected chi connectivity index (χ1v) is 6.97. The molecule has 0 radical (unpaired) electrons. The molecule has 110 valence electrons. The molecule has 1 fully saturated rings. The van der Waals surface area contributed by atoms with Crippen LogP contribution in [0.4, 0.5) is 5.82 Å². The van der Waals surface area contributed by atoms with E-state index in [1.807, 2.05) is 11.8 Å². The first kappa shape index (κ1) is 14.5. The van der Waals surface area contributed by atoms with E-state index < -0.39 is 0 Å². The molecular weight excluding hydrogens is 258 g/mol. The summed E-state index contributed by atoms with van der Waals surface area (Å²) in [4.78, 5) is 21.9. The zero-order valence-electron chi connectivity index (χ0n) is 11.8. The molecule has 1 aliphatic rings. The van der Waals surface area contributed by atoms with E-state index in [0.717, 1.165) is 32.6 Å². The maximum atomic E-state index is 12.0. The Labute approximate surface area is 118 Å². The van der Waals surface area contributed by atoms with Gasteiger partial charge in [-0.25, -0.2) is 9.97 Å². The normalized spacial score (nSPS) is 14.9. The Morgan fingerprint density at radius 1 is 1.45 bits per heavy atom. The van der Waals surface area contributed by atoms with E-state index in [2.05, 4.69) is 20.6 Å². The molecule has 2 N–H and O–H groups in total. The number of aromatic nitrogens is 2. The average Bonchev–Trinajstić information content (AvgIpc) is 2.52. The number of hydrogen-bond acceptors (Lipinski definition) is 6. The largest absolute Gasteiger partial charge is 0.478 e. The Bertz CT molecular complexity index is 435. The fourth-order valence-electron chi connectivity index (χ4n) is 1.91. The van der Waals surface area contributed by atoms with Crippen LogP contribution in [0.15, 0.2) is 12.4 Å². The zero-order chi connectivity index (χ0) is 14.2. The quantitative estimate of drug-likeness (QED) is 0.769. The third-order valence-electron chi connectivity index (χ3n) is 2.99. The molecule has 0 aromatic carbocycles. The van der Waals surface area contributed by atoms with Crippen molar-refractivity contribution in [2.75, 3.05) is 44.6 Å². The predicted octanol–water partition coefficient (Wildman–Crippen LogP) is 0.109. The van der Waals surface area contributed by atoms with E-state index in [-0.39, 0.29) is 12.5 Å². The summed E-state index contributed by atoms with van der Waals surface area (Å²) in [5.41, 5.74) is 0. The van der Waals surface area contributed by atoms with Crippen LogP contribution in [-0.4, -0.2) is 60.1 Å². The van der Waals surface area contributed by atoms with Crippen molar-refractivity contribution in [2.45, 2.75) is 13.3 Å². The lowest BCUT2D eigenvalue weighted by molar-refractivity contribution is -0.129. The monoisotopic (exact) mass is 279 g/mol. The van der Waals surface area contributed by atoms with Gasteiger partial charge in [0, 0.05) is 32.2 Å². The number of amides is 1. The molecule has 0 spiro atoms. The lowest BCUT2D eigenvalue weighted by atomic mass is 10.3. The average molecular weight is 279 g/mol. The summed E-state index contributed by atoms with van der Waals surface area (Å²) in [5, 5.41) is 6.23. The number of ether oxygens (including phenoxy) is 1. The minimum Gasteiger partial charge on any atom is -0.478 e. The number of rotatable bonds is 6. The maximum absolute atomic E-state index is 12.0. The summed E-state index contributed by atoms with van der Waals surface area (Å²) in [5.74, 6) is 1.22. The SMILES string of the molecule is CCCOc1cc(NCC(=O)N2CCNCC2)ncn1. The molecule has 0 atom stereocenters. The Morgan fingerprint density at radius 3 is 3.00 bits per heavy atom. The third kappa shape index (κ3) is 4.34. The van der Waals surface area contributed by atoms with Crippen molar-refractivity contribution in [2.24, 2.45) is 0 Å². The van der Waals surface area contributed by atoms with Crippen molar-refractivity contribution in [1.29, 1.82) is 0 Å². The lowest BCUT2D eigenvalue weighted by Gasteiger charge is -2.27. The molecule has 20 heavy (non-hydrogen) atoms. The summed E-state index contributed by atoms with van der Waals surface area (Å²) in [7, 11) is 0. The predicted molar refractivity (Wildman–Crippen MR) is 75.8 cm³/mol. The van der Waals surface area contributed by atoms with Crippen LogP contribution in [-0.2, 0) is 4.79 Å². The number of nitrogens with one attached hydrogen (secondary N) is 2. The van der Waals surface area contributed by atoms with E-state index in [4.69, 9.17) is 4.74 Å². The molecule has 0 saturated carbocycles. The Kier molecular flexibility index (Phi) is 5.55. The van der Waals surface area contributed by atoms with Crippen molar-refractivity contribution >= 4 is 11.7 Å². The molecular formula is C13H21N5O2. The van der Waals surface area contributed by atoms with Crippen LogP contribution in [0.1, 0.15) is 13.3 Å². The molecule has 0 unspecified atom stereocenters. The highest BCUT2D eigenvalue weighted by Gasteiger charge is 2.15. The molecule has 1 aliphatic heterocycles. The van der Waals surface area contributed by atoms with Gasteiger partial charge in [-0.1, -0.05) is 6.92 Å². The van der Waals surface area contributed by atoms with Gasteiger partial charge in [-0.3, -0.25) is 4.79 Å². The van der Waals surface area contributed by atoms with Gasteiger partial charge in [0.25, 0.3) is 0 Å². The summed E-state index contributed by atoms with van der Waals surface area (Å²) < 4.78 is 5.42. The Hall–Kier alpha value is -1.89. The molecule has 0 bridgehead atoms. The first-order valence-electron chi connectivity index (χ1n) is 6.97. The molecule has 2 heterocycles. The molecule has 1 saturated heterocycles. The first-order chi connectivity index (χ1) is 9.79. The van der Waals surface area contributed by atoms with Crippen molar-refractivity contribution in [3.05, 3.63) is 12.4 Å². The highest BCUT2D eigenvalue weighted by atomic mass is 16.5. The summed E-state index contributed by atoms with van der Waals surface area (Å²) in [6, 6.07) is 1.71. The van der Waals surface area contributed by atoms with Crippen LogP contribution >= 0.6 is 0 Å². The topological polar surface area (TPSA) is 79.4 Å². The smallest absolute Gasteiger partial charge is 0.242 e. The zero-order valence-corrected chi connectivity index (χ0v) is 11.8. The van der Waals surface area contributed by atoms with E-state index in [0.29, 0.717) is 18.3 Å². The van der Waals surface area contributed by atoms with E-state index in [1.54, 1.807) is 6.07 Å². The van der Waals surface area contributed by atoms with Gasteiger partial charge in [-0.15, -0.1) is 0 Å². The van der Waals surface area contributed by atoms with Gasteiger partial charge in [0.2, 0.25) is 11.8 Å². The van der Waals surface area contributed by atoms with Gasteiger partial charge in [0.05, 0.1) is 13.2 Å². The molecule has 7 nitrogen and oxygen atoms in total. The van der Waals surface area contributed by atoms with Crippen LogP contribution < -0.4 is 15.4 Å². The summed E-state index contributed by atoms with van der Waals surface area (Å²) in [6.45, 7) is 6.12. The van der Waals surface area contributed by atoms with Gasteiger partial charge < -0.3 is 20.3 Å². The fraction of sp³-hybridized carbons (Fsp3) is 0.615. The Morgan fingerprint density at radius 2 is 2.25 bits per heavy atom. The van der Waals surface area contributed by atoms with Crippen LogP contribution in [0.2, 0.25) is 0 Å². The Balaban J connectivity index is 1.82. The van der Waals surface area contributed by atoms with E-state index in [9.17, 15) is 4.79 Å². The molecule has 7 heteroatoms. The van der Waals surface area contributed by atoms with Crippen molar-refractivity contribution in [3.63, 3.8) is 0 Å². The highest BCUT2D eigenvalue weighted by molar-refractivity contribution is 5.80. The van der Waals surface area contributed by atoms with Gasteiger partial charge in [0.15, 0.2) is 0 Å².